The Morgan fingerprint density at radius 3 is 3.14 bits per heavy atom. The third kappa shape index (κ3) is 1.83. The number of nitrogens with zero attached hydrogens (tertiary/aromatic N) is 2. The highest BCUT2D eigenvalue weighted by Crippen LogP contribution is 2.17. The van der Waals surface area contributed by atoms with Gasteiger partial charge in [-0.25, -0.2) is 0 Å². The molecule has 14 heavy (non-hydrogen) atoms. The van der Waals surface area contributed by atoms with Crippen molar-refractivity contribution < 1.29 is 9.47 Å². The fourth-order valence-corrected chi connectivity index (χ4v) is 1.18. The summed E-state index contributed by atoms with van der Waals surface area (Å²) < 4.78 is 10.5. The maximum absolute atomic E-state index is 8.77. The van der Waals surface area contributed by atoms with E-state index in [0.29, 0.717) is 23.8 Å². The van der Waals surface area contributed by atoms with Gasteiger partial charge in [0.05, 0.1) is 31.6 Å². The third-order valence-corrected chi connectivity index (χ3v) is 2.09. The van der Waals surface area contributed by atoms with Crippen LogP contribution in [0.2, 0.25) is 0 Å². The first-order valence-corrected chi connectivity index (χ1v) is 4.45. The summed E-state index contributed by atoms with van der Waals surface area (Å²) in [6.45, 7) is 2.10. The summed E-state index contributed by atoms with van der Waals surface area (Å²) >= 11 is 0. The van der Waals surface area contributed by atoms with E-state index in [1.54, 1.807) is 18.5 Å². The Labute approximate surface area is 82.1 Å². The summed E-state index contributed by atoms with van der Waals surface area (Å²) in [5.74, 6) is 1.02. The number of ether oxygens (including phenoxy) is 2. The molecule has 0 bridgehead atoms. The Morgan fingerprint density at radius 2 is 2.50 bits per heavy atom. The van der Waals surface area contributed by atoms with Crippen LogP contribution in [0.4, 0.5) is 0 Å². The van der Waals surface area contributed by atoms with E-state index >= 15 is 0 Å². The quantitative estimate of drug-likeness (QED) is 0.712. The first kappa shape index (κ1) is 8.97. The van der Waals surface area contributed by atoms with Gasteiger partial charge in [0.2, 0.25) is 0 Å². The number of pyridine rings is 1. The molecule has 2 rings (SSSR count). The minimum absolute atomic E-state index is 0.460. The van der Waals surface area contributed by atoms with Gasteiger partial charge in [-0.1, -0.05) is 0 Å². The lowest BCUT2D eigenvalue weighted by Gasteiger charge is -2.25. The van der Waals surface area contributed by atoms with Crippen LogP contribution in [-0.4, -0.2) is 24.8 Å². The van der Waals surface area contributed by atoms with Gasteiger partial charge in [-0.15, -0.1) is 0 Å². The minimum Gasteiger partial charge on any atom is -0.490 e. The van der Waals surface area contributed by atoms with E-state index in [1.165, 1.54) is 0 Å². The van der Waals surface area contributed by atoms with Crippen molar-refractivity contribution in [2.45, 2.75) is 0 Å². The number of nitriles is 1. The molecule has 2 heterocycles. The number of hydrogen-bond acceptors (Lipinski definition) is 4. The summed E-state index contributed by atoms with van der Waals surface area (Å²) in [6.07, 6.45) is 3.15. The Kier molecular flexibility index (Phi) is 2.61. The molecule has 72 valence electrons. The van der Waals surface area contributed by atoms with Crippen molar-refractivity contribution in [3.8, 4) is 11.8 Å². The Balaban J connectivity index is 1.97. The zero-order valence-corrected chi connectivity index (χ0v) is 7.64. The van der Waals surface area contributed by atoms with Gasteiger partial charge in [0.15, 0.2) is 5.75 Å². The second-order valence-electron chi connectivity index (χ2n) is 3.20. The van der Waals surface area contributed by atoms with Crippen LogP contribution >= 0.6 is 0 Å². The topological polar surface area (TPSA) is 55.1 Å². The smallest absolute Gasteiger partial charge is 0.155 e. The zero-order valence-electron chi connectivity index (χ0n) is 7.64. The fourth-order valence-electron chi connectivity index (χ4n) is 1.18. The highest BCUT2D eigenvalue weighted by molar-refractivity contribution is 5.40. The molecule has 0 atom stereocenters. The average molecular weight is 190 g/mol. The first-order valence-electron chi connectivity index (χ1n) is 4.45. The van der Waals surface area contributed by atoms with E-state index < -0.39 is 0 Å². The standard InChI is InChI=1S/C10H10N2O2/c11-3-9-1-2-12-4-10(9)14-7-8-5-13-6-8/h1-2,4,8H,5-7H2. The molecule has 4 heteroatoms. The van der Waals surface area contributed by atoms with Gasteiger partial charge < -0.3 is 9.47 Å². The Bertz CT molecular complexity index is 355. The largest absolute Gasteiger partial charge is 0.490 e. The normalized spacial score (nSPS) is 15.6. The number of hydrogen-bond donors (Lipinski definition) is 0. The minimum atomic E-state index is 0.460. The summed E-state index contributed by atoms with van der Waals surface area (Å²) in [6, 6.07) is 3.70. The van der Waals surface area contributed by atoms with Crippen LogP contribution in [0, 0.1) is 17.2 Å². The predicted octanol–water partition coefficient (Wildman–Crippen LogP) is 0.978. The molecule has 0 spiro atoms. The highest BCUT2D eigenvalue weighted by Gasteiger charge is 2.19. The lowest BCUT2D eigenvalue weighted by Crippen LogP contribution is -2.32. The van der Waals surface area contributed by atoms with Crippen LogP contribution in [-0.2, 0) is 4.74 Å². The van der Waals surface area contributed by atoms with Gasteiger partial charge in [0.25, 0.3) is 0 Å². The molecule has 0 aromatic carbocycles. The van der Waals surface area contributed by atoms with Crippen LogP contribution in [0.25, 0.3) is 0 Å². The maximum Gasteiger partial charge on any atom is 0.155 e. The molecule has 0 radical (unpaired) electrons. The van der Waals surface area contributed by atoms with Gasteiger partial charge in [-0.05, 0) is 6.07 Å². The van der Waals surface area contributed by atoms with Crippen molar-refractivity contribution in [3.05, 3.63) is 24.0 Å². The second kappa shape index (κ2) is 4.07. The van der Waals surface area contributed by atoms with Gasteiger partial charge in [0.1, 0.15) is 6.07 Å². The predicted molar refractivity (Wildman–Crippen MR) is 48.8 cm³/mol. The molecule has 0 N–H and O–H groups in total. The first-order chi connectivity index (χ1) is 6.90. The van der Waals surface area contributed by atoms with E-state index in [1.807, 2.05) is 0 Å². The van der Waals surface area contributed by atoms with Crippen molar-refractivity contribution in [3.63, 3.8) is 0 Å². The van der Waals surface area contributed by atoms with E-state index in [2.05, 4.69) is 11.1 Å². The van der Waals surface area contributed by atoms with Crippen molar-refractivity contribution in [2.75, 3.05) is 19.8 Å². The molecule has 0 amide bonds. The third-order valence-electron chi connectivity index (χ3n) is 2.09. The van der Waals surface area contributed by atoms with Crippen LogP contribution in [0.15, 0.2) is 18.5 Å². The summed E-state index contributed by atoms with van der Waals surface area (Å²) in [5.41, 5.74) is 0.528. The molecule has 0 saturated carbocycles. The van der Waals surface area contributed by atoms with Gasteiger partial charge in [0, 0.05) is 12.1 Å². The van der Waals surface area contributed by atoms with Crippen molar-refractivity contribution in [1.82, 2.24) is 4.98 Å². The zero-order chi connectivity index (χ0) is 9.80. The summed E-state index contributed by atoms with van der Waals surface area (Å²) in [4.78, 5) is 3.91. The van der Waals surface area contributed by atoms with E-state index in [9.17, 15) is 0 Å². The molecule has 0 aliphatic carbocycles. The Morgan fingerprint density at radius 1 is 1.64 bits per heavy atom. The van der Waals surface area contributed by atoms with Gasteiger partial charge in [-0.2, -0.15) is 5.26 Å². The van der Waals surface area contributed by atoms with Crippen LogP contribution in [0.1, 0.15) is 5.56 Å². The van der Waals surface area contributed by atoms with Gasteiger partial charge >= 0.3 is 0 Å². The molecule has 4 nitrogen and oxygen atoms in total. The molecule has 1 aliphatic heterocycles. The SMILES string of the molecule is N#Cc1ccncc1OCC1COC1. The molecule has 1 aliphatic rings. The van der Waals surface area contributed by atoms with Crippen molar-refractivity contribution in [2.24, 2.45) is 5.92 Å². The van der Waals surface area contributed by atoms with Crippen LogP contribution < -0.4 is 4.74 Å². The van der Waals surface area contributed by atoms with Crippen LogP contribution in [0.3, 0.4) is 0 Å². The lowest BCUT2D eigenvalue weighted by molar-refractivity contribution is -0.0509. The van der Waals surface area contributed by atoms with Crippen molar-refractivity contribution in [1.29, 1.82) is 5.26 Å². The van der Waals surface area contributed by atoms with Gasteiger partial charge in [-0.3, -0.25) is 4.98 Å². The molecular formula is C10H10N2O2. The fraction of sp³-hybridized carbons (Fsp3) is 0.400. The number of rotatable bonds is 3. The monoisotopic (exact) mass is 190 g/mol. The molecule has 1 fully saturated rings. The number of aromatic nitrogens is 1. The maximum atomic E-state index is 8.77. The molecule has 1 aromatic rings. The molecule has 0 unspecified atom stereocenters. The Hall–Kier alpha value is -1.60. The summed E-state index contributed by atoms with van der Waals surface area (Å²) in [7, 11) is 0. The summed E-state index contributed by atoms with van der Waals surface area (Å²) in [5, 5.41) is 8.77. The molecule has 1 saturated heterocycles. The van der Waals surface area contributed by atoms with E-state index in [4.69, 9.17) is 14.7 Å². The average Bonchev–Trinajstić information content (AvgIpc) is 2.16. The highest BCUT2D eigenvalue weighted by atomic mass is 16.5. The van der Waals surface area contributed by atoms with Crippen molar-refractivity contribution >= 4 is 0 Å². The van der Waals surface area contributed by atoms with Crippen LogP contribution in [0.5, 0.6) is 5.75 Å². The second-order valence-corrected chi connectivity index (χ2v) is 3.20. The van der Waals surface area contributed by atoms with E-state index in [0.717, 1.165) is 13.2 Å². The van der Waals surface area contributed by atoms with E-state index in [-0.39, 0.29) is 0 Å². The molecular weight excluding hydrogens is 180 g/mol. The lowest BCUT2D eigenvalue weighted by atomic mass is 10.1. The molecule has 1 aromatic heterocycles.